The normalized spacial score (nSPS) is 12.2. The zero-order valence-electron chi connectivity index (χ0n) is 12.4. The topological polar surface area (TPSA) is 65.4 Å². The highest BCUT2D eigenvalue weighted by Crippen LogP contribution is 2.41. The van der Waals surface area contributed by atoms with E-state index >= 15 is 0 Å². The highest BCUT2D eigenvalue weighted by molar-refractivity contribution is 7.18. The molecule has 0 amide bonds. The van der Waals surface area contributed by atoms with E-state index in [-0.39, 0.29) is 27.9 Å². The molecule has 0 bridgehead atoms. The molecule has 2 heterocycles. The molecule has 0 fully saturated rings. The first-order valence-electron chi connectivity index (χ1n) is 6.80. The molecule has 1 aromatic carbocycles. The fourth-order valence-corrected chi connectivity index (χ4v) is 3.18. The number of nitriles is 1. The fraction of sp³-hybridized carbons (Fsp3) is 0.133. The first kappa shape index (κ1) is 17.9. The van der Waals surface area contributed by atoms with Crippen LogP contribution in [0, 0.1) is 11.3 Å². The second-order valence-corrected chi connectivity index (χ2v) is 6.17. The van der Waals surface area contributed by atoms with E-state index in [1.54, 1.807) is 6.07 Å². The van der Waals surface area contributed by atoms with Gasteiger partial charge in [0.25, 0.3) is 0 Å². The molecule has 0 unspecified atom stereocenters. The number of thiophene rings is 1. The summed E-state index contributed by atoms with van der Waals surface area (Å²) in [7, 11) is 0. The average molecular weight is 388 g/mol. The maximum absolute atomic E-state index is 13.0. The molecule has 0 atom stereocenters. The number of aromatic amines is 1. The van der Waals surface area contributed by atoms with Gasteiger partial charge in [-0.2, -0.15) is 41.9 Å². The molecule has 26 heavy (non-hydrogen) atoms. The van der Waals surface area contributed by atoms with Gasteiger partial charge < -0.3 is 0 Å². The summed E-state index contributed by atoms with van der Waals surface area (Å²) in [6, 6.07) is 5.98. The summed E-state index contributed by atoms with van der Waals surface area (Å²) in [6.45, 7) is 0. The van der Waals surface area contributed by atoms with Gasteiger partial charge in [-0.05, 0) is 35.9 Å². The SMILES string of the molecule is N#Cc1n[nH]nc1-c1ccc(-c2cc(C(F)(F)F)cc(C(F)(F)F)c2)s1. The number of aromatic nitrogens is 3. The lowest BCUT2D eigenvalue weighted by molar-refractivity contribution is -0.143. The van der Waals surface area contributed by atoms with Crippen LogP contribution >= 0.6 is 11.3 Å². The van der Waals surface area contributed by atoms with Crippen molar-refractivity contribution in [3.05, 3.63) is 47.2 Å². The second kappa shape index (κ2) is 6.14. The van der Waals surface area contributed by atoms with E-state index < -0.39 is 23.5 Å². The quantitative estimate of drug-likeness (QED) is 0.621. The molecule has 0 aliphatic carbocycles. The summed E-state index contributed by atoms with van der Waals surface area (Å²) in [4.78, 5) is 0.555. The van der Waals surface area contributed by atoms with E-state index in [1.807, 2.05) is 0 Å². The van der Waals surface area contributed by atoms with Crippen molar-refractivity contribution in [3.63, 3.8) is 0 Å². The molecule has 0 spiro atoms. The molecule has 2 aromatic heterocycles. The van der Waals surface area contributed by atoms with Crippen molar-refractivity contribution in [2.45, 2.75) is 12.4 Å². The fourth-order valence-electron chi connectivity index (χ4n) is 2.20. The maximum Gasteiger partial charge on any atom is 0.416 e. The number of benzene rings is 1. The van der Waals surface area contributed by atoms with Crippen LogP contribution in [0.4, 0.5) is 26.3 Å². The van der Waals surface area contributed by atoms with E-state index in [1.165, 1.54) is 12.1 Å². The number of halogens is 6. The van der Waals surface area contributed by atoms with E-state index in [0.29, 0.717) is 17.0 Å². The van der Waals surface area contributed by atoms with Gasteiger partial charge in [-0.25, -0.2) is 0 Å². The van der Waals surface area contributed by atoms with Gasteiger partial charge in [0.05, 0.1) is 16.0 Å². The van der Waals surface area contributed by atoms with E-state index in [9.17, 15) is 26.3 Å². The molecule has 134 valence electrons. The number of nitrogens with one attached hydrogen (secondary N) is 1. The Kier molecular flexibility index (Phi) is 4.23. The van der Waals surface area contributed by atoms with Crippen LogP contribution in [0.3, 0.4) is 0 Å². The summed E-state index contributed by atoms with van der Waals surface area (Å²) in [6.07, 6.45) is -9.84. The largest absolute Gasteiger partial charge is 0.416 e. The summed E-state index contributed by atoms with van der Waals surface area (Å²) in [5.41, 5.74) is -2.87. The Balaban J connectivity index is 2.11. The molecule has 3 aromatic rings. The zero-order chi connectivity index (χ0) is 19.1. The number of hydrogen-bond acceptors (Lipinski definition) is 4. The smallest absolute Gasteiger partial charge is 0.196 e. The molecular formula is C15H6F6N4S. The molecule has 1 N–H and O–H groups in total. The summed E-state index contributed by atoms with van der Waals surface area (Å²) < 4.78 is 77.7. The summed E-state index contributed by atoms with van der Waals surface area (Å²) in [5, 5.41) is 18.5. The van der Waals surface area contributed by atoms with Crippen LogP contribution in [-0.4, -0.2) is 15.4 Å². The van der Waals surface area contributed by atoms with E-state index in [0.717, 1.165) is 11.3 Å². The molecular weight excluding hydrogens is 382 g/mol. The summed E-state index contributed by atoms with van der Waals surface area (Å²) in [5.74, 6) is 0. The van der Waals surface area contributed by atoms with Crippen molar-refractivity contribution in [3.8, 4) is 27.1 Å². The van der Waals surface area contributed by atoms with Gasteiger partial charge in [0.1, 0.15) is 11.8 Å². The predicted octanol–water partition coefficient (Wildman–Crippen LogP) is 5.11. The van der Waals surface area contributed by atoms with Gasteiger partial charge in [0.15, 0.2) is 5.69 Å². The van der Waals surface area contributed by atoms with Crippen molar-refractivity contribution in [1.82, 2.24) is 15.4 Å². The minimum Gasteiger partial charge on any atom is -0.196 e. The van der Waals surface area contributed by atoms with Crippen LogP contribution in [0.1, 0.15) is 16.8 Å². The van der Waals surface area contributed by atoms with Crippen LogP contribution in [0.5, 0.6) is 0 Å². The number of nitrogens with zero attached hydrogens (tertiary/aromatic N) is 3. The van der Waals surface area contributed by atoms with Crippen LogP contribution in [0.2, 0.25) is 0 Å². The molecule has 11 heteroatoms. The molecule has 0 aliphatic heterocycles. The predicted molar refractivity (Wildman–Crippen MR) is 79.9 cm³/mol. The highest BCUT2D eigenvalue weighted by atomic mass is 32.1. The zero-order valence-corrected chi connectivity index (χ0v) is 13.2. The third-order valence-electron chi connectivity index (χ3n) is 3.37. The van der Waals surface area contributed by atoms with Crippen molar-refractivity contribution >= 4 is 11.3 Å². The number of hydrogen-bond donors (Lipinski definition) is 1. The molecule has 3 rings (SSSR count). The van der Waals surface area contributed by atoms with Gasteiger partial charge in [-0.15, -0.1) is 16.4 Å². The Morgan fingerprint density at radius 2 is 1.46 bits per heavy atom. The van der Waals surface area contributed by atoms with Crippen molar-refractivity contribution < 1.29 is 26.3 Å². The average Bonchev–Trinajstić information content (AvgIpc) is 3.21. The van der Waals surface area contributed by atoms with E-state index in [2.05, 4.69) is 15.4 Å². The minimum atomic E-state index is -4.92. The Bertz CT molecular complexity index is 960. The maximum atomic E-state index is 13.0. The van der Waals surface area contributed by atoms with Crippen LogP contribution in [-0.2, 0) is 12.4 Å². The summed E-state index contributed by atoms with van der Waals surface area (Å²) >= 11 is 0.904. The van der Waals surface area contributed by atoms with Crippen LogP contribution in [0.25, 0.3) is 21.0 Å². The van der Waals surface area contributed by atoms with Crippen molar-refractivity contribution in [2.24, 2.45) is 0 Å². The molecule has 0 saturated carbocycles. The highest BCUT2D eigenvalue weighted by Gasteiger charge is 2.37. The van der Waals surface area contributed by atoms with Gasteiger partial charge in [-0.3, -0.25) is 0 Å². The molecule has 0 radical (unpaired) electrons. The van der Waals surface area contributed by atoms with Crippen LogP contribution < -0.4 is 0 Å². The van der Waals surface area contributed by atoms with Gasteiger partial charge in [-0.1, -0.05) is 0 Å². The lowest BCUT2D eigenvalue weighted by atomic mass is 10.0. The lowest BCUT2D eigenvalue weighted by Crippen LogP contribution is -2.10. The third kappa shape index (κ3) is 3.41. The van der Waals surface area contributed by atoms with Gasteiger partial charge in [0.2, 0.25) is 0 Å². The number of rotatable bonds is 2. The van der Waals surface area contributed by atoms with Crippen molar-refractivity contribution in [2.75, 3.05) is 0 Å². The third-order valence-corrected chi connectivity index (χ3v) is 4.51. The Labute approximate surface area is 145 Å². The first-order valence-corrected chi connectivity index (χ1v) is 7.62. The van der Waals surface area contributed by atoms with Gasteiger partial charge in [0, 0.05) is 4.88 Å². The van der Waals surface area contributed by atoms with Crippen LogP contribution in [0.15, 0.2) is 30.3 Å². The standard InChI is InChI=1S/C15H6F6N4S/c16-14(17,18)8-3-7(4-9(5-8)15(19,20)21)11-1-2-12(26-11)13-10(6-22)23-25-24-13/h1-5H,(H,23,24,25). The van der Waals surface area contributed by atoms with E-state index in [4.69, 9.17) is 5.26 Å². The molecule has 4 nitrogen and oxygen atoms in total. The monoisotopic (exact) mass is 388 g/mol. The second-order valence-electron chi connectivity index (χ2n) is 5.09. The number of H-pyrrole nitrogens is 1. The van der Waals surface area contributed by atoms with Crippen molar-refractivity contribution in [1.29, 1.82) is 5.26 Å². The lowest BCUT2D eigenvalue weighted by Gasteiger charge is -2.13. The Hall–Kier alpha value is -2.87. The first-order chi connectivity index (χ1) is 12.1. The molecule has 0 aliphatic rings. The Morgan fingerprint density at radius 3 is 2.00 bits per heavy atom. The Morgan fingerprint density at radius 1 is 0.885 bits per heavy atom. The molecule has 0 saturated heterocycles. The van der Waals surface area contributed by atoms with Gasteiger partial charge >= 0.3 is 12.4 Å². The number of alkyl halides is 6. The minimum absolute atomic E-state index is 0.0292.